The van der Waals surface area contributed by atoms with Crippen LogP contribution < -0.4 is 0 Å². The topological polar surface area (TPSA) is 57.5 Å². The fourth-order valence-corrected chi connectivity index (χ4v) is 0.500. The summed E-state index contributed by atoms with van der Waals surface area (Å²) in [6.45, 7) is 4.46. The molecular weight excluding hydrogens is 261 g/mol. The number of hydrogen-bond donors (Lipinski definition) is 2. The van der Waals surface area contributed by atoms with Gasteiger partial charge in [-0.3, -0.25) is 0 Å². The molecule has 0 unspecified atom stereocenters. The van der Waals surface area contributed by atoms with Gasteiger partial charge in [0.05, 0.1) is 0 Å². The third-order valence-corrected chi connectivity index (χ3v) is 0.957. The van der Waals surface area contributed by atoms with Crippen molar-refractivity contribution in [2.45, 2.75) is 39.5 Å². The van der Waals surface area contributed by atoms with E-state index in [0.717, 1.165) is 0 Å². The van der Waals surface area contributed by atoms with Gasteiger partial charge in [0.25, 0.3) is 0 Å². The summed E-state index contributed by atoms with van der Waals surface area (Å²) in [5, 5.41) is 0. The second-order valence-corrected chi connectivity index (χ2v) is 4.88. The van der Waals surface area contributed by atoms with Crippen LogP contribution in [0, 0.1) is 0 Å². The molecule has 0 amide bonds. The van der Waals surface area contributed by atoms with Gasteiger partial charge < -0.3 is 0 Å². The third-order valence-electron chi connectivity index (χ3n) is 0.957. The summed E-state index contributed by atoms with van der Waals surface area (Å²) in [5.74, 6) is 0. The molecule has 0 atom stereocenters. The van der Waals surface area contributed by atoms with Gasteiger partial charge in [0, 0.05) is 0 Å². The zero-order valence-electron chi connectivity index (χ0n) is 6.96. The Morgan fingerprint density at radius 2 is 1.36 bits per heavy atom. The van der Waals surface area contributed by atoms with E-state index in [1.807, 2.05) is 0 Å². The van der Waals surface area contributed by atoms with E-state index in [4.69, 9.17) is 9.79 Å². The molecular formula is C6H16FO3Sb. The normalized spacial score (nSPS) is 10.3. The molecule has 0 aliphatic rings. The molecule has 3 nitrogen and oxygen atoms in total. The van der Waals surface area contributed by atoms with Crippen LogP contribution in [0.1, 0.15) is 39.5 Å². The summed E-state index contributed by atoms with van der Waals surface area (Å²) in [6.07, 6.45) is 5.54. The quantitative estimate of drug-likeness (QED) is 0.605. The molecule has 0 aromatic carbocycles. The van der Waals surface area contributed by atoms with E-state index < -0.39 is 20.2 Å². The average Bonchev–Trinajstić information content (AvgIpc) is 1.79. The van der Waals surface area contributed by atoms with Crippen molar-refractivity contribution in [2.24, 2.45) is 0 Å². The Labute approximate surface area is 72.6 Å². The Balaban J connectivity index is 0. The molecule has 0 saturated carbocycles. The zero-order valence-corrected chi connectivity index (χ0v) is 9.51. The summed E-state index contributed by atoms with van der Waals surface area (Å²) >= 11 is -5.85. The third kappa shape index (κ3) is 62.4. The average molecular weight is 277 g/mol. The molecule has 0 saturated heterocycles. The van der Waals surface area contributed by atoms with E-state index in [9.17, 15) is 2.81 Å². The molecule has 0 aromatic heterocycles. The first-order chi connectivity index (χ1) is 4.91. The van der Waals surface area contributed by atoms with Crippen LogP contribution >= 0.6 is 0 Å². The van der Waals surface area contributed by atoms with Gasteiger partial charge in [0.15, 0.2) is 0 Å². The number of halogens is 1. The van der Waals surface area contributed by atoms with Crippen molar-refractivity contribution in [3.8, 4) is 0 Å². The summed E-state index contributed by atoms with van der Waals surface area (Å²) in [7, 11) is 0. The van der Waals surface area contributed by atoms with Crippen LogP contribution in [0.3, 0.4) is 0 Å². The van der Waals surface area contributed by atoms with Crippen molar-refractivity contribution >= 4 is 20.2 Å². The van der Waals surface area contributed by atoms with E-state index in [0.29, 0.717) is 0 Å². The molecule has 2 N–H and O–H groups in total. The first-order valence-corrected chi connectivity index (χ1v) is 7.96. The Morgan fingerprint density at radius 3 is 1.45 bits per heavy atom. The first-order valence-electron chi connectivity index (χ1n) is 3.67. The van der Waals surface area contributed by atoms with Crippen molar-refractivity contribution in [2.75, 3.05) is 0 Å². The number of rotatable bonds is 3. The SMILES string of the molecule is CCCCCC.[O]=[Sb]([OH])([OH])[F]. The van der Waals surface area contributed by atoms with E-state index in [1.165, 1.54) is 25.7 Å². The summed E-state index contributed by atoms with van der Waals surface area (Å²) < 4.78 is 33.3. The van der Waals surface area contributed by atoms with Gasteiger partial charge in [0.1, 0.15) is 0 Å². The minimum absolute atomic E-state index is 1.36. The van der Waals surface area contributed by atoms with Gasteiger partial charge >= 0.3 is 32.8 Å². The van der Waals surface area contributed by atoms with Crippen LogP contribution in [-0.2, 0) is 3.02 Å². The van der Waals surface area contributed by atoms with Crippen LogP contribution in [0.2, 0.25) is 0 Å². The minimum atomic E-state index is -5.85. The molecule has 5 heteroatoms. The van der Waals surface area contributed by atoms with Crippen LogP contribution in [-0.4, -0.2) is 27.0 Å². The monoisotopic (exact) mass is 276 g/mol. The van der Waals surface area contributed by atoms with Gasteiger partial charge in [-0.2, -0.15) is 0 Å². The molecule has 0 heterocycles. The van der Waals surface area contributed by atoms with Crippen molar-refractivity contribution in [1.29, 1.82) is 0 Å². The summed E-state index contributed by atoms with van der Waals surface area (Å²) in [5.41, 5.74) is 0. The number of hydrogen-bond acceptors (Lipinski definition) is 1. The summed E-state index contributed by atoms with van der Waals surface area (Å²) in [6, 6.07) is 0. The maximum atomic E-state index is 10.4. The van der Waals surface area contributed by atoms with Crippen molar-refractivity contribution in [3.63, 3.8) is 0 Å². The second kappa shape index (κ2) is 8.56. The van der Waals surface area contributed by atoms with E-state index in [1.54, 1.807) is 0 Å². The van der Waals surface area contributed by atoms with Crippen LogP contribution in [0.4, 0.5) is 2.81 Å². The molecule has 0 bridgehead atoms. The predicted molar refractivity (Wildman–Crippen MR) is 41.8 cm³/mol. The summed E-state index contributed by atoms with van der Waals surface area (Å²) in [4.78, 5) is 0. The van der Waals surface area contributed by atoms with E-state index in [-0.39, 0.29) is 0 Å². The zero-order chi connectivity index (χ0) is 9.33. The van der Waals surface area contributed by atoms with Gasteiger partial charge in [-0.15, -0.1) is 0 Å². The van der Waals surface area contributed by atoms with Crippen molar-refractivity contribution in [3.05, 3.63) is 0 Å². The van der Waals surface area contributed by atoms with Crippen LogP contribution in [0.15, 0.2) is 0 Å². The molecule has 0 aromatic rings. The van der Waals surface area contributed by atoms with Gasteiger partial charge in [0.2, 0.25) is 0 Å². The first kappa shape index (κ1) is 14.0. The molecule has 70 valence electrons. The van der Waals surface area contributed by atoms with Gasteiger partial charge in [-0.1, -0.05) is 39.5 Å². The molecule has 0 spiro atoms. The molecule has 11 heavy (non-hydrogen) atoms. The molecule has 0 radical (unpaired) electrons. The fraction of sp³-hybridized carbons (Fsp3) is 1.00. The molecule has 0 aliphatic carbocycles. The van der Waals surface area contributed by atoms with Crippen LogP contribution in [0.25, 0.3) is 0 Å². The van der Waals surface area contributed by atoms with Gasteiger partial charge in [-0.25, -0.2) is 0 Å². The number of unbranched alkanes of at least 4 members (excludes halogenated alkanes) is 3. The fourth-order valence-electron chi connectivity index (χ4n) is 0.500. The van der Waals surface area contributed by atoms with Gasteiger partial charge in [-0.05, 0) is 0 Å². The standard InChI is InChI=1S/C6H14.FH.2H2O.O.Sb/c1-3-5-6-4-2;;;;;/h3-6H2,1-2H3;1H;2*1H2;;/q;;;;;+3/p-3. The van der Waals surface area contributed by atoms with Crippen LogP contribution in [0.5, 0.6) is 0 Å². The maximum absolute atomic E-state index is 10.4. The molecule has 0 fully saturated rings. The molecule has 0 aliphatic heterocycles. The van der Waals surface area contributed by atoms with Crippen molar-refractivity contribution in [1.82, 2.24) is 0 Å². The van der Waals surface area contributed by atoms with Crippen molar-refractivity contribution < 1.29 is 12.6 Å². The van der Waals surface area contributed by atoms with E-state index >= 15 is 0 Å². The van der Waals surface area contributed by atoms with E-state index in [2.05, 4.69) is 13.8 Å². The molecule has 0 rings (SSSR count). The Bertz CT molecular complexity index is 100. The Morgan fingerprint density at radius 1 is 1.18 bits per heavy atom. The Hall–Kier alpha value is 0.468. The Kier molecular flexibility index (Phi) is 10.9. The second-order valence-electron chi connectivity index (χ2n) is 2.18. The predicted octanol–water partition coefficient (Wildman–Crippen LogP) is 1.39.